The second-order valence-corrected chi connectivity index (χ2v) is 7.15. The van der Waals surface area contributed by atoms with Crippen LogP contribution in [-0.2, 0) is 16.6 Å². The molecule has 8 nitrogen and oxygen atoms in total. The van der Waals surface area contributed by atoms with Gasteiger partial charge in [0.1, 0.15) is 28.2 Å². The van der Waals surface area contributed by atoms with Gasteiger partial charge in [0.25, 0.3) is 0 Å². The van der Waals surface area contributed by atoms with E-state index in [1.54, 1.807) is 48.4 Å². The number of fused-ring (bicyclic) bond motifs is 1. The molecule has 2 aromatic carbocycles. The summed E-state index contributed by atoms with van der Waals surface area (Å²) < 4.78 is 12.4. The molecule has 0 fully saturated rings. The zero-order chi connectivity index (χ0) is 22.1. The van der Waals surface area contributed by atoms with Gasteiger partial charge in [0.2, 0.25) is 0 Å². The smallest absolute Gasteiger partial charge is 0.306 e. The Kier molecular flexibility index (Phi) is 5.21. The number of rotatable bonds is 5. The number of ether oxygens (including phenoxy) is 1. The summed E-state index contributed by atoms with van der Waals surface area (Å²) in [6.07, 6.45) is 3.13. The Morgan fingerprint density at radius 2 is 1.94 bits per heavy atom. The van der Waals surface area contributed by atoms with Crippen LogP contribution in [0, 0.1) is 0 Å². The van der Waals surface area contributed by atoms with Crippen molar-refractivity contribution in [3.8, 4) is 22.8 Å². The number of hydrogen-bond donors (Lipinski definition) is 2. The number of esters is 1. The van der Waals surface area contributed by atoms with Crippen LogP contribution in [0.2, 0.25) is 0 Å². The molecule has 0 unspecified atom stereocenters. The van der Waals surface area contributed by atoms with Crippen molar-refractivity contribution in [1.82, 2.24) is 9.78 Å². The normalized spacial score (nSPS) is 12.1. The van der Waals surface area contributed by atoms with E-state index in [0.717, 1.165) is 6.07 Å². The summed E-state index contributed by atoms with van der Waals surface area (Å²) in [5.74, 6) is -1.69. The average Bonchev–Trinajstić information content (AvgIpc) is 3.18. The van der Waals surface area contributed by atoms with Crippen molar-refractivity contribution < 1.29 is 24.2 Å². The Bertz CT molecular complexity index is 1320. The van der Waals surface area contributed by atoms with E-state index >= 15 is 0 Å². The van der Waals surface area contributed by atoms with Gasteiger partial charge in [-0.25, -0.2) is 0 Å². The van der Waals surface area contributed by atoms with E-state index in [2.05, 4.69) is 5.10 Å². The van der Waals surface area contributed by atoms with Crippen LogP contribution in [0.5, 0.6) is 11.5 Å². The first-order valence-corrected chi connectivity index (χ1v) is 9.52. The molecular weight excluding hydrogens is 400 g/mol. The predicted molar refractivity (Wildman–Crippen MR) is 113 cm³/mol. The van der Waals surface area contributed by atoms with Gasteiger partial charge in [-0.3, -0.25) is 14.3 Å². The molecule has 0 aliphatic rings. The number of carbonyl (C=O) groups excluding carboxylic acids is 1. The molecule has 0 bridgehead atoms. The second kappa shape index (κ2) is 7.98. The lowest BCUT2D eigenvalue weighted by atomic mass is 9.88. The molecule has 0 saturated heterocycles. The molecule has 0 aliphatic carbocycles. The summed E-state index contributed by atoms with van der Waals surface area (Å²) in [5, 5.41) is 25.2. The lowest BCUT2D eigenvalue weighted by molar-refractivity contribution is -0.140. The van der Waals surface area contributed by atoms with Crippen LogP contribution in [0.4, 0.5) is 0 Å². The predicted octanol–water partition coefficient (Wildman–Crippen LogP) is 3.30. The van der Waals surface area contributed by atoms with Gasteiger partial charge in [-0.2, -0.15) is 5.10 Å². The van der Waals surface area contributed by atoms with E-state index in [9.17, 15) is 19.8 Å². The Balaban J connectivity index is 2.04. The minimum Gasteiger partial charge on any atom is -0.507 e. The fourth-order valence-corrected chi connectivity index (χ4v) is 3.66. The zero-order valence-electron chi connectivity index (χ0n) is 16.9. The van der Waals surface area contributed by atoms with E-state index in [1.165, 1.54) is 13.2 Å². The molecule has 0 amide bonds. The molecule has 0 spiro atoms. The minimum absolute atomic E-state index is 0.00149. The largest absolute Gasteiger partial charge is 0.507 e. The number of phenolic OH excluding ortho intramolecular Hbond substituents is 2. The Morgan fingerprint density at radius 1 is 1.19 bits per heavy atom. The van der Waals surface area contributed by atoms with Crippen molar-refractivity contribution in [2.75, 3.05) is 7.11 Å². The third-order valence-electron chi connectivity index (χ3n) is 5.13. The molecule has 1 atom stereocenters. The van der Waals surface area contributed by atoms with Gasteiger partial charge in [-0.15, -0.1) is 0 Å². The molecule has 8 heteroatoms. The van der Waals surface area contributed by atoms with E-state index in [-0.39, 0.29) is 34.5 Å². The molecule has 158 valence electrons. The fourth-order valence-electron chi connectivity index (χ4n) is 3.66. The van der Waals surface area contributed by atoms with Crippen LogP contribution in [0.1, 0.15) is 23.5 Å². The summed E-state index contributed by atoms with van der Waals surface area (Å²) in [5.41, 5.74) is 0.994. The number of phenols is 2. The number of carbonyl (C=O) groups is 1. The Labute approximate surface area is 176 Å². The summed E-state index contributed by atoms with van der Waals surface area (Å²) >= 11 is 0. The maximum Gasteiger partial charge on any atom is 0.306 e. The van der Waals surface area contributed by atoms with Crippen LogP contribution in [-0.4, -0.2) is 33.1 Å². The van der Waals surface area contributed by atoms with Gasteiger partial charge in [0.05, 0.1) is 19.7 Å². The van der Waals surface area contributed by atoms with Crippen LogP contribution < -0.4 is 5.43 Å². The summed E-state index contributed by atoms with van der Waals surface area (Å²) in [6, 6.07) is 11.4. The van der Waals surface area contributed by atoms with E-state index in [0.29, 0.717) is 11.1 Å². The summed E-state index contributed by atoms with van der Waals surface area (Å²) in [6.45, 7) is 0. The quantitative estimate of drug-likeness (QED) is 0.476. The second-order valence-electron chi connectivity index (χ2n) is 7.15. The number of aryl methyl sites for hydroxylation is 1. The Hall–Kier alpha value is -4.07. The molecule has 4 aromatic rings. The van der Waals surface area contributed by atoms with Crippen LogP contribution in [0.3, 0.4) is 0 Å². The lowest BCUT2D eigenvalue weighted by Gasteiger charge is -2.18. The molecule has 0 radical (unpaired) electrons. The third-order valence-corrected chi connectivity index (χ3v) is 5.13. The molecule has 0 aliphatic heterocycles. The Morgan fingerprint density at radius 3 is 2.58 bits per heavy atom. The van der Waals surface area contributed by atoms with Gasteiger partial charge in [0, 0.05) is 42.4 Å². The molecule has 4 rings (SSSR count). The average molecular weight is 420 g/mol. The first-order chi connectivity index (χ1) is 14.9. The van der Waals surface area contributed by atoms with Crippen LogP contribution in [0.15, 0.2) is 64.1 Å². The van der Waals surface area contributed by atoms with Crippen LogP contribution >= 0.6 is 0 Å². The van der Waals surface area contributed by atoms with E-state index < -0.39 is 23.1 Å². The summed E-state index contributed by atoms with van der Waals surface area (Å²) in [4.78, 5) is 25.1. The number of aromatic hydroxyl groups is 2. The number of aromatic nitrogens is 2. The van der Waals surface area contributed by atoms with Gasteiger partial charge in [-0.05, 0) is 5.56 Å². The van der Waals surface area contributed by atoms with E-state index in [4.69, 9.17) is 9.15 Å². The van der Waals surface area contributed by atoms with E-state index in [1.807, 2.05) is 6.07 Å². The highest BCUT2D eigenvalue weighted by Crippen LogP contribution is 2.42. The number of hydrogen-bond acceptors (Lipinski definition) is 7. The maximum atomic E-state index is 12.9. The summed E-state index contributed by atoms with van der Waals surface area (Å²) in [7, 11) is 2.99. The zero-order valence-corrected chi connectivity index (χ0v) is 16.9. The monoisotopic (exact) mass is 420 g/mol. The molecule has 0 saturated carbocycles. The maximum absolute atomic E-state index is 12.9. The SMILES string of the molecule is COC(=O)C[C@@H](c1cnn(C)c1)c1c(O)cc(O)c2c(=O)cc(-c3ccccc3)oc12. The highest BCUT2D eigenvalue weighted by molar-refractivity contribution is 5.90. The standard InChI is InChI=1S/C23H20N2O6/c1-25-12-14(11-24-25)15(8-20(29)30-2)21-16(26)9-17(27)22-18(28)10-19(31-23(21)22)13-6-4-3-5-7-13/h3-7,9-12,15,26-27H,8H2,1-2H3/t15-/m0/s1. The topological polar surface area (TPSA) is 115 Å². The number of nitrogens with zero attached hydrogens (tertiary/aromatic N) is 2. The molecule has 2 aromatic heterocycles. The molecule has 2 heterocycles. The van der Waals surface area contributed by atoms with Crippen molar-refractivity contribution in [3.63, 3.8) is 0 Å². The fraction of sp³-hybridized carbons (Fsp3) is 0.174. The van der Waals surface area contributed by atoms with Crippen molar-refractivity contribution in [2.45, 2.75) is 12.3 Å². The molecular formula is C23H20N2O6. The number of methoxy groups -OCH3 is 1. The van der Waals surface area contributed by atoms with Gasteiger partial charge >= 0.3 is 5.97 Å². The van der Waals surface area contributed by atoms with Gasteiger partial charge in [0.15, 0.2) is 5.43 Å². The van der Waals surface area contributed by atoms with Gasteiger partial charge < -0.3 is 19.4 Å². The van der Waals surface area contributed by atoms with Crippen molar-refractivity contribution in [1.29, 1.82) is 0 Å². The van der Waals surface area contributed by atoms with Gasteiger partial charge in [-0.1, -0.05) is 30.3 Å². The molecule has 31 heavy (non-hydrogen) atoms. The molecule has 2 N–H and O–H groups in total. The highest BCUT2D eigenvalue weighted by atomic mass is 16.5. The van der Waals surface area contributed by atoms with Crippen LogP contribution in [0.25, 0.3) is 22.3 Å². The number of benzene rings is 2. The third kappa shape index (κ3) is 3.75. The van der Waals surface area contributed by atoms with Crippen molar-refractivity contribution >= 4 is 16.9 Å². The first kappa shape index (κ1) is 20.2. The lowest BCUT2D eigenvalue weighted by Crippen LogP contribution is -2.12. The van der Waals surface area contributed by atoms with Crippen molar-refractivity contribution in [3.05, 3.63) is 76.2 Å². The van der Waals surface area contributed by atoms with Crippen molar-refractivity contribution in [2.24, 2.45) is 7.05 Å². The minimum atomic E-state index is -0.724. The first-order valence-electron chi connectivity index (χ1n) is 9.52. The highest BCUT2D eigenvalue weighted by Gasteiger charge is 2.29.